The van der Waals surface area contributed by atoms with Gasteiger partial charge in [-0.05, 0) is 59.3 Å². The molecule has 0 atom stereocenters. The van der Waals surface area contributed by atoms with E-state index in [2.05, 4.69) is 15.9 Å². The fraction of sp³-hybridized carbons (Fsp3) is 0.0714. The van der Waals surface area contributed by atoms with Gasteiger partial charge in [-0.25, -0.2) is 0 Å². The van der Waals surface area contributed by atoms with Crippen LogP contribution in [0, 0.1) is 6.92 Å². The van der Waals surface area contributed by atoms with Gasteiger partial charge >= 0.3 is 0 Å². The predicted molar refractivity (Wildman–Crippen MR) is 85.1 cm³/mol. The van der Waals surface area contributed by atoms with E-state index < -0.39 is 10.1 Å². The number of nitrogen functional groups attached to an aromatic ring is 1. The van der Waals surface area contributed by atoms with E-state index >= 15 is 0 Å². The van der Waals surface area contributed by atoms with Crippen LogP contribution in [0.5, 0.6) is 0 Å². The van der Waals surface area contributed by atoms with Crippen LogP contribution in [0.15, 0.2) is 53.4 Å². The average Bonchev–Trinajstić information content (AvgIpc) is 2.39. The Morgan fingerprint density at radius 3 is 1.90 bits per heavy atom. The van der Waals surface area contributed by atoms with Crippen LogP contribution in [0.1, 0.15) is 15.9 Å². The number of anilines is 1. The summed E-state index contributed by atoms with van der Waals surface area (Å²) in [7, 11) is -4.02. The second-order valence-corrected chi connectivity index (χ2v) is 6.33. The molecule has 0 heterocycles. The number of rotatable bonds is 2. The van der Waals surface area contributed by atoms with Crippen molar-refractivity contribution < 1.29 is 17.8 Å². The van der Waals surface area contributed by atoms with Crippen molar-refractivity contribution >= 4 is 36.4 Å². The molecule has 3 N–H and O–H groups in total. The van der Waals surface area contributed by atoms with Crippen molar-refractivity contribution in [3.63, 3.8) is 0 Å². The number of hydrogen-bond acceptors (Lipinski definition) is 4. The Morgan fingerprint density at radius 2 is 1.52 bits per heavy atom. The van der Waals surface area contributed by atoms with Gasteiger partial charge in [-0.15, -0.1) is 0 Å². The fourth-order valence-electron chi connectivity index (χ4n) is 1.32. The molecule has 0 fully saturated rings. The van der Waals surface area contributed by atoms with E-state index in [1.54, 1.807) is 36.4 Å². The Balaban J connectivity index is 0.000000211. The first-order valence-corrected chi connectivity index (χ1v) is 8.03. The molecule has 0 saturated heterocycles. The lowest BCUT2D eigenvalue weighted by atomic mass is 10.2. The number of hydrogen-bond donors (Lipinski definition) is 2. The van der Waals surface area contributed by atoms with Crippen LogP contribution < -0.4 is 5.73 Å². The smallest absolute Gasteiger partial charge is 0.294 e. The van der Waals surface area contributed by atoms with E-state index in [0.717, 1.165) is 5.56 Å². The number of aryl methyl sites for hydroxylation is 1. The SMILES string of the molecule is Cc1ccc(S(=O)(=O)O)cc1.Nc1ccc(C(=O)Br)cc1. The first kappa shape index (κ1) is 17.4. The summed E-state index contributed by atoms with van der Waals surface area (Å²) in [6.07, 6.45) is 0. The molecule has 0 aliphatic carbocycles. The molecule has 7 heteroatoms. The number of benzene rings is 2. The van der Waals surface area contributed by atoms with Gasteiger partial charge in [-0.1, -0.05) is 17.7 Å². The highest BCUT2D eigenvalue weighted by molar-refractivity contribution is 9.18. The second-order valence-electron chi connectivity index (χ2n) is 4.18. The Kier molecular flexibility index (Phi) is 6.07. The Morgan fingerprint density at radius 1 is 1.05 bits per heavy atom. The van der Waals surface area contributed by atoms with Gasteiger partial charge < -0.3 is 5.73 Å². The summed E-state index contributed by atoms with van der Waals surface area (Å²) >= 11 is 2.83. The molecule has 0 saturated carbocycles. The van der Waals surface area contributed by atoms with E-state index in [4.69, 9.17) is 10.3 Å². The Bertz CT molecular complexity index is 710. The minimum atomic E-state index is -4.02. The van der Waals surface area contributed by atoms with Crippen molar-refractivity contribution in [3.05, 3.63) is 59.7 Å². The van der Waals surface area contributed by atoms with E-state index in [1.807, 2.05) is 6.92 Å². The third kappa shape index (κ3) is 6.07. The number of nitrogens with two attached hydrogens (primary N) is 1. The van der Waals surface area contributed by atoms with Crippen LogP contribution in [0.25, 0.3) is 0 Å². The monoisotopic (exact) mass is 371 g/mol. The van der Waals surface area contributed by atoms with Crippen LogP contribution in [-0.4, -0.2) is 17.7 Å². The molecule has 21 heavy (non-hydrogen) atoms. The topological polar surface area (TPSA) is 97.5 Å². The number of carbonyl (C=O) groups excluding carboxylic acids is 1. The molecule has 0 amide bonds. The van der Waals surface area contributed by atoms with E-state index in [0.29, 0.717) is 11.3 Å². The highest BCUT2D eigenvalue weighted by Gasteiger charge is 2.06. The minimum Gasteiger partial charge on any atom is -0.399 e. The molecule has 0 aliphatic rings. The lowest BCUT2D eigenvalue weighted by Crippen LogP contribution is -1.96. The maximum atomic E-state index is 10.6. The number of halogens is 1. The molecular weight excluding hydrogens is 358 g/mol. The van der Waals surface area contributed by atoms with Crippen molar-refractivity contribution in [1.82, 2.24) is 0 Å². The third-order valence-corrected chi connectivity index (χ3v) is 3.78. The maximum absolute atomic E-state index is 10.6. The van der Waals surface area contributed by atoms with Gasteiger partial charge in [0, 0.05) is 11.3 Å². The summed E-state index contributed by atoms with van der Waals surface area (Å²) in [5.41, 5.74) is 7.64. The van der Waals surface area contributed by atoms with Crippen molar-refractivity contribution in [2.45, 2.75) is 11.8 Å². The summed E-state index contributed by atoms with van der Waals surface area (Å²) in [6, 6.07) is 12.7. The summed E-state index contributed by atoms with van der Waals surface area (Å²) in [5.74, 6) is 0. The molecule has 2 aromatic rings. The van der Waals surface area contributed by atoms with Crippen LogP contribution in [0.3, 0.4) is 0 Å². The normalized spacial score (nSPS) is 10.4. The molecule has 0 aromatic heterocycles. The Labute approximate surface area is 131 Å². The van der Waals surface area contributed by atoms with Gasteiger partial charge in [0.1, 0.15) is 0 Å². The van der Waals surface area contributed by atoms with E-state index in [9.17, 15) is 13.2 Å². The maximum Gasteiger partial charge on any atom is 0.294 e. The highest BCUT2D eigenvalue weighted by atomic mass is 79.9. The van der Waals surface area contributed by atoms with Gasteiger partial charge in [0.2, 0.25) is 4.69 Å². The fourth-order valence-corrected chi connectivity index (χ4v) is 2.07. The molecule has 5 nitrogen and oxygen atoms in total. The van der Waals surface area contributed by atoms with Crippen molar-refractivity contribution in [2.75, 3.05) is 5.73 Å². The quantitative estimate of drug-likeness (QED) is 0.480. The molecular formula is C14H14BrNO4S. The third-order valence-electron chi connectivity index (χ3n) is 2.46. The summed E-state index contributed by atoms with van der Waals surface area (Å²) in [6.45, 7) is 1.84. The first-order chi connectivity index (χ1) is 9.70. The van der Waals surface area contributed by atoms with Crippen LogP contribution in [0.2, 0.25) is 0 Å². The van der Waals surface area contributed by atoms with Gasteiger partial charge in [0.15, 0.2) is 0 Å². The lowest BCUT2D eigenvalue weighted by molar-refractivity contribution is 0.109. The molecule has 0 spiro atoms. The van der Waals surface area contributed by atoms with Crippen molar-refractivity contribution in [2.24, 2.45) is 0 Å². The molecule has 0 unspecified atom stereocenters. The van der Waals surface area contributed by atoms with Gasteiger partial charge in [-0.2, -0.15) is 8.42 Å². The van der Waals surface area contributed by atoms with Gasteiger partial charge in [-0.3, -0.25) is 9.35 Å². The van der Waals surface area contributed by atoms with Crippen LogP contribution in [-0.2, 0) is 10.1 Å². The van der Waals surface area contributed by atoms with Gasteiger partial charge in [0.25, 0.3) is 10.1 Å². The molecule has 2 aromatic carbocycles. The zero-order valence-electron chi connectivity index (χ0n) is 11.2. The van der Waals surface area contributed by atoms with Crippen LogP contribution >= 0.6 is 15.9 Å². The zero-order chi connectivity index (χ0) is 16.0. The molecule has 112 valence electrons. The summed E-state index contributed by atoms with van der Waals surface area (Å²) in [5, 5.41) is 0. The molecule has 2 rings (SSSR count). The van der Waals surface area contributed by atoms with Crippen molar-refractivity contribution in [1.29, 1.82) is 0 Å². The lowest BCUT2D eigenvalue weighted by Gasteiger charge is -1.95. The summed E-state index contributed by atoms with van der Waals surface area (Å²) < 4.78 is 29.4. The zero-order valence-corrected chi connectivity index (χ0v) is 13.6. The number of carbonyl (C=O) groups is 1. The Hall–Kier alpha value is -1.70. The van der Waals surface area contributed by atoms with Crippen LogP contribution in [0.4, 0.5) is 5.69 Å². The molecule has 0 aliphatic heterocycles. The minimum absolute atomic E-state index is 0.0666. The van der Waals surface area contributed by atoms with E-state index in [-0.39, 0.29) is 9.59 Å². The van der Waals surface area contributed by atoms with E-state index in [1.165, 1.54) is 12.1 Å². The van der Waals surface area contributed by atoms with Crippen molar-refractivity contribution in [3.8, 4) is 0 Å². The van der Waals surface area contributed by atoms with Gasteiger partial charge in [0.05, 0.1) is 4.90 Å². The average molecular weight is 372 g/mol. The highest BCUT2D eigenvalue weighted by Crippen LogP contribution is 2.09. The largest absolute Gasteiger partial charge is 0.399 e. The molecule has 0 radical (unpaired) electrons. The summed E-state index contributed by atoms with van der Waals surface area (Å²) in [4.78, 5) is 10.6. The second kappa shape index (κ2) is 7.35. The predicted octanol–water partition coefficient (Wildman–Crippen LogP) is 3.05. The standard InChI is InChI=1S/C7H6BrNO.C7H8O3S/c8-7(10)5-1-3-6(9)4-2-5;1-6-2-4-7(5-3-6)11(8,9)10/h1-4H,9H2;2-5H,1H3,(H,8,9,10). The first-order valence-electron chi connectivity index (χ1n) is 5.79. The molecule has 0 bridgehead atoms.